The van der Waals surface area contributed by atoms with Crippen LogP contribution in [0.1, 0.15) is 32.2 Å². The molecule has 0 unspecified atom stereocenters. The van der Waals surface area contributed by atoms with Crippen LogP contribution >= 0.6 is 11.8 Å². The van der Waals surface area contributed by atoms with E-state index in [1.54, 1.807) is 0 Å². The van der Waals surface area contributed by atoms with Crippen LogP contribution in [0, 0.1) is 12.3 Å². The van der Waals surface area contributed by atoms with Crippen LogP contribution in [0.15, 0.2) is 35.5 Å². The highest BCUT2D eigenvalue weighted by molar-refractivity contribution is 7.99. The van der Waals surface area contributed by atoms with Crippen LogP contribution in [0.3, 0.4) is 0 Å². The van der Waals surface area contributed by atoms with Gasteiger partial charge < -0.3 is 4.57 Å². The van der Waals surface area contributed by atoms with Crippen molar-refractivity contribution in [3.63, 3.8) is 0 Å². The number of rotatable bonds is 5. The third-order valence-corrected chi connectivity index (χ3v) is 4.22. The van der Waals surface area contributed by atoms with Gasteiger partial charge in [-0.2, -0.15) is 0 Å². The average Bonchev–Trinajstić information content (AvgIpc) is 2.77. The van der Waals surface area contributed by atoms with Gasteiger partial charge in [-0.15, -0.1) is 10.2 Å². The number of benzene rings is 1. The number of carbonyl (C=O) groups excluding carboxylic acids is 1. The van der Waals surface area contributed by atoms with Crippen molar-refractivity contribution in [3.8, 4) is 0 Å². The number of ketones is 1. The predicted molar refractivity (Wildman–Crippen MR) is 85.5 cm³/mol. The molecule has 1 heterocycles. The monoisotopic (exact) mass is 303 g/mol. The molecule has 2 rings (SSSR count). The summed E-state index contributed by atoms with van der Waals surface area (Å²) in [5.74, 6) is 1.51. The van der Waals surface area contributed by atoms with Crippen LogP contribution in [0.4, 0.5) is 0 Å². The Balaban J connectivity index is 2.10. The van der Waals surface area contributed by atoms with E-state index in [0.717, 1.165) is 17.5 Å². The lowest BCUT2D eigenvalue weighted by Gasteiger charge is -2.16. The van der Waals surface area contributed by atoms with Crippen molar-refractivity contribution in [1.29, 1.82) is 0 Å². The van der Waals surface area contributed by atoms with Gasteiger partial charge in [0.2, 0.25) is 0 Å². The molecule has 0 fully saturated rings. The molecule has 0 saturated heterocycles. The zero-order valence-electron chi connectivity index (χ0n) is 13.0. The molecule has 0 amide bonds. The van der Waals surface area contributed by atoms with Crippen molar-refractivity contribution in [2.75, 3.05) is 5.75 Å². The Kier molecular flexibility index (Phi) is 4.83. The summed E-state index contributed by atoms with van der Waals surface area (Å²) in [6.07, 6.45) is 0. The lowest BCUT2D eigenvalue weighted by Crippen LogP contribution is -2.22. The molecule has 0 atom stereocenters. The van der Waals surface area contributed by atoms with Crippen LogP contribution in [-0.2, 0) is 11.3 Å². The molecule has 0 spiro atoms. The summed E-state index contributed by atoms with van der Waals surface area (Å²) in [5, 5.41) is 9.12. The van der Waals surface area contributed by atoms with Crippen molar-refractivity contribution in [2.24, 2.45) is 5.41 Å². The Morgan fingerprint density at radius 3 is 2.48 bits per heavy atom. The second kappa shape index (κ2) is 6.43. The van der Waals surface area contributed by atoms with Gasteiger partial charge >= 0.3 is 0 Å². The molecule has 21 heavy (non-hydrogen) atoms. The van der Waals surface area contributed by atoms with Crippen molar-refractivity contribution in [2.45, 2.75) is 39.4 Å². The van der Waals surface area contributed by atoms with Crippen molar-refractivity contribution >= 4 is 17.5 Å². The Hall–Kier alpha value is -1.62. The molecule has 0 aliphatic rings. The summed E-state index contributed by atoms with van der Waals surface area (Å²) in [6.45, 7) is 8.48. The van der Waals surface area contributed by atoms with Crippen LogP contribution in [-0.4, -0.2) is 26.3 Å². The molecule has 1 aromatic carbocycles. The molecular formula is C16H21N3OS. The summed E-state index contributed by atoms with van der Waals surface area (Å²) < 4.78 is 2.05. The number of aryl methyl sites for hydroxylation is 1. The van der Waals surface area contributed by atoms with E-state index in [-0.39, 0.29) is 11.2 Å². The summed E-state index contributed by atoms with van der Waals surface area (Å²) in [5.41, 5.74) is 0.885. The minimum Gasteiger partial charge on any atom is -0.302 e. The van der Waals surface area contributed by atoms with Crippen LogP contribution in [0.25, 0.3) is 0 Å². The highest BCUT2D eigenvalue weighted by Crippen LogP contribution is 2.23. The maximum absolute atomic E-state index is 12.0. The zero-order valence-corrected chi connectivity index (χ0v) is 13.8. The van der Waals surface area contributed by atoms with Crippen molar-refractivity contribution in [3.05, 3.63) is 41.7 Å². The first-order valence-electron chi connectivity index (χ1n) is 6.98. The summed E-state index contributed by atoms with van der Waals surface area (Å²) in [7, 11) is 0. The largest absolute Gasteiger partial charge is 0.302 e. The number of hydrogen-bond donors (Lipinski definition) is 0. The Morgan fingerprint density at radius 2 is 1.86 bits per heavy atom. The Morgan fingerprint density at radius 1 is 1.19 bits per heavy atom. The van der Waals surface area contributed by atoms with Gasteiger partial charge in [0.1, 0.15) is 11.6 Å². The standard InChI is InChI=1S/C16H21N3OS/c1-12-17-18-15(21-11-14(20)16(2,3)4)19(12)10-13-8-6-5-7-9-13/h5-9H,10-11H2,1-4H3. The normalized spacial score (nSPS) is 11.6. The molecule has 2 aromatic rings. The first-order valence-corrected chi connectivity index (χ1v) is 7.96. The van der Waals surface area contributed by atoms with E-state index in [1.165, 1.54) is 17.3 Å². The van der Waals surface area contributed by atoms with Gasteiger partial charge in [-0.05, 0) is 12.5 Å². The Bertz CT molecular complexity index is 614. The molecule has 0 N–H and O–H groups in total. The number of aromatic nitrogens is 3. The summed E-state index contributed by atoms with van der Waals surface area (Å²) in [4.78, 5) is 12.0. The van der Waals surface area contributed by atoms with Gasteiger partial charge in [-0.3, -0.25) is 4.79 Å². The first-order chi connectivity index (χ1) is 9.88. The fraction of sp³-hybridized carbons (Fsp3) is 0.438. The molecular weight excluding hydrogens is 282 g/mol. The molecule has 4 nitrogen and oxygen atoms in total. The summed E-state index contributed by atoms with van der Waals surface area (Å²) in [6, 6.07) is 10.2. The number of hydrogen-bond acceptors (Lipinski definition) is 4. The second-order valence-corrected chi connectivity index (χ2v) is 7.01. The zero-order chi connectivity index (χ0) is 15.5. The molecule has 112 valence electrons. The highest BCUT2D eigenvalue weighted by Gasteiger charge is 2.22. The van der Waals surface area contributed by atoms with E-state index in [1.807, 2.05) is 45.9 Å². The Labute approximate surface area is 130 Å². The summed E-state index contributed by atoms with van der Waals surface area (Å²) >= 11 is 1.46. The van der Waals surface area contributed by atoms with E-state index in [4.69, 9.17) is 0 Å². The number of thioether (sulfide) groups is 1. The molecule has 1 aromatic heterocycles. The average molecular weight is 303 g/mol. The van der Waals surface area contributed by atoms with E-state index >= 15 is 0 Å². The predicted octanol–water partition coefficient (Wildman–Crippen LogP) is 3.34. The van der Waals surface area contributed by atoms with E-state index in [2.05, 4.69) is 26.9 Å². The highest BCUT2D eigenvalue weighted by atomic mass is 32.2. The molecule has 0 saturated carbocycles. The minimum atomic E-state index is -0.313. The van der Waals surface area contributed by atoms with E-state index in [9.17, 15) is 4.79 Å². The maximum Gasteiger partial charge on any atom is 0.191 e. The van der Waals surface area contributed by atoms with Crippen LogP contribution in [0.5, 0.6) is 0 Å². The van der Waals surface area contributed by atoms with Gasteiger partial charge in [-0.1, -0.05) is 62.9 Å². The van der Waals surface area contributed by atoms with Crippen molar-refractivity contribution < 1.29 is 4.79 Å². The minimum absolute atomic E-state index is 0.222. The molecule has 5 heteroatoms. The number of carbonyl (C=O) groups is 1. The lowest BCUT2D eigenvalue weighted by molar-refractivity contribution is -0.123. The number of nitrogens with zero attached hydrogens (tertiary/aromatic N) is 3. The van der Waals surface area contributed by atoms with E-state index < -0.39 is 0 Å². The fourth-order valence-corrected chi connectivity index (χ4v) is 2.91. The van der Waals surface area contributed by atoms with Gasteiger partial charge in [-0.25, -0.2) is 0 Å². The first kappa shape index (κ1) is 15.8. The third-order valence-electron chi connectivity index (χ3n) is 3.25. The molecule has 0 radical (unpaired) electrons. The topological polar surface area (TPSA) is 47.8 Å². The van der Waals surface area contributed by atoms with Gasteiger partial charge in [0.15, 0.2) is 5.16 Å². The fourth-order valence-electron chi connectivity index (χ4n) is 1.76. The third kappa shape index (κ3) is 4.17. The lowest BCUT2D eigenvalue weighted by atomic mass is 9.92. The van der Waals surface area contributed by atoms with Gasteiger partial charge in [0, 0.05) is 5.41 Å². The second-order valence-electron chi connectivity index (χ2n) is 6.06. The van der Waals surface area contributed by atoms with Gasteiger partial charge in [0.25, 0.3) is 0 Å². The number of Topliss-reactive ketones (excluding diaryl/α,β-unsaturated/α-hetero) is 1. The SMILES string of the molecule is Cc1nnc(SCC(=O)C(C)(C)C)n1Cc1ccccc1. The van der Waals surface area contributed by atoms with E-state index in [0.29, 0.717) is 5.75 Å². The van der Waals surface area contributed by atoms with Crippen LogP contribution < -0.4 is 0 Å². The molecule has 0 bridgehead atoms. The van der Waals surface area contributed by atoms with Crippen molar-refractivity contribution in [1.82, 2.24) is 14.8 Å². The molecule has 0 aliphatic carbocycles. The maximum atomic E-state index is 12.0. The van der Waals surface area contributed by atoms with Gasteiger partial charge in [0.05, 0.1) is 12.3 Å². The molecule has 0 aliphatic heterocycles. The van der Waals surface area contributed by atoms with Crippen LogP contribution in [0.2, 0.25) is 0 Å². The smallest absolute Gasteiger partial charge is 0.191 e. The quantitative estimate of drug-likeness (QED) is 0.795.